The zero-order valence-electron chi connectivity index (χ0n) is 9.74. The second-order valence-electron chi connectivity index (χ2n) is 3.87. The summed E-state index contributed by atoms with van der Waals surface area (Å²) < 4.78 is 0. The van der Waals surface area contributed by atoms with E-state index in [0.29, 0.717) is 4.99 Å². The average Bonchev–Trinajstić information content (AvgIpc) is 2.64. The number of carbonyl (C=O) groups is 1. The molecule has 2 amide bonds. The summed E-state index contributed by atoms with van der Waals surface area (Å²) in [6, 6.07) is 0.0467. The third-order valence-corrected chi connectivity index (χ3v) is 2.96. The van der Waals surface area contributed by atoms with E-state index in [0.717, 1.165) is 45.7 Å². The van der Waals surface area contributed by atoms with Crippen molar-refractivity contribution < 1.29 is 4.79 Å². The van der Waals surface area contributed by atoms with Gasteiger partial charge in [0, 0.05) is 39.1 Å². The van der Waals surface area contributed by atoms with Gasteiger partial charge in [0.2, 0.25) is 0 Å². The number of nitrogens with zero attached hydrogens (tertiary/aromatic N) is 2. The van der Waals surface area contributed by atoms with Crippen LogP contribution < -0.4 is 11.1 Å². The van der Waals surface area contributed by atoms with Gasteiger partial charge in [0.05, 0.1) is 4.99 Å². The number of amides is 2. The van der Waals surface area contributed by atoms with Crippen molar-refractivity contribution >= 4 is 23.2 Å². The van der Waals surface area contributed by atoms with Gasteiger partial charge in [0.15, 0.2) is 0 Å². The van der Waals surface area contributed by atoms with E-state index in [1.165, 1.54) is 0 Å². The van der Waals surface area contributed by atoms with Gasteiger partial charge in [0.25, 0.3) is 0 Å². The Morgan fingerprint density at radius 3 is 2.88 bits per heavy atom. The molecule has 5 nitrogen and oxygen atoms in total. The molecule has 0 aromatic carbocycles. The SMILES string of the molecule is CCN(CCC(N)=S)CCN1CCNC1=O. The van der Waals surface area contributed by atoms with Crippen LogP contribution in [0.5, 0.6) is 0 Å². The van der Waals surface area contributed by atoms with Gasteiger partial charge in [-0.3, -0.25) is 0 Å². The van der Waals surface area contributed by atoms with E-state index in [1.807, 2.05) is 4.90 Å². The molecule has 1 aliphatic rings. The van der Waals surface area contributed by atoms with Crippen LogP contribution in [-0.4, -0.2) is 60.1 Å². The summed E-state index contributed by atoms with van der Waals surface area (Å²) in [5.74, 6) is 0. The monoisotopic (exact) mass is 244 g/mol. The number of nitrogens with one attached hydrogen (secondary N) is 1. The molecule has 1 rings (SSSR count). The zero-order valence-corrected chi connectivity index (χ0v) is 10.6. The molecule has 1 aliphatic heterocycles. The van der Waals surface area contributed by atoms with Gasteiger partial charge in [-0.2, -0.15) is 0 Å². The summed E-state index contributed by atoms with van der Waals surface area (Å²) in [6.45, 7) is 7.16. The quantitative estimate of drug-likeness (QED) is 0.619. The number of urea groups is 1. The normalized spacial score (nSPS) is 15.6. The topological polar surface area (TPSA) is 61.6 Å². The molecule has 0 spiro atoms. The number of nitrogens with two attached hydrogens (primary N) is 1. The van der Waals surface area contributed by atoms with E-state index in [-0.39, 0.29) is 6.03 Å². The molecule has 1 saturated heterocycles. The summed E-state index contributed by atoms with van der Waals surface area (Å²) >= 11 is 4.85. The van der Waals surface area contributed by atoms with Gasteiger partial charge in [0.1, 0.15) is 0 Å². The maximum absolute atomic E-state index is 11.3. The lowest BCUT2D eigenvalue weighted by molar-refractivity contribution is 0.204. The number of rotatable bonds is 7. The first-order chi connectivity index (χ1) is 7.63. The molecule has 1 heterocycles. The van der Waals surface area contributed by atoms with Crippen molar-refractivity contribution in [3.63, 3.8) is 0 Å². The minimum absolute atomic E-state index is 0.0467. The maximum atomic E-state index is 11.3. The van der Waals surface area contributed by atoms with Crippen LogP contribution in [0.2, 0.25) is 0 Å². The highest BCUT2D eigenvalue weighted by Crippen LogP contribution is 1.98. The standard InChI is InChI=1S/C10H20N4OS/c1-2-13(5-3-9(11)16)7-8-14-6-4-12-10(14)15/h2-8H2,1H3,(H2,11,16)(H,12,15). The van der Waals surface area contributed by atoms with Gasteiger partial charge in [-0.25, -0.2) is 4.79 Å². The first kappa shape index (κ1) is 13.2. The zero-order chi connectivity index (χ0) is 12.0. The molecule has 0 aromatic heterocycles. The van der Waals surface area contributed by atoms with Crippen LogP contribution in [0.1, 0.15) is 13.3 Å². The number of likely N-dealkylation sites (N-methyl/N-ethyl adjacent to an activating group) is 1. The fourth-order valence-electron chi connectivity index (χ4n) is 1.68. The summed E-state index contributed by atoms with van der Waals surface area (Å²) in [4.78, 5) is 15.9. The fraction of sp³-hybridized carbons (Fsp3) is 0.800. The first-order valence-electron chi connectivity index (χ1n) is 5.67. The fourth-order valence-corrected chi connectivity index (χ4v) is 1.77. The third kappa shape index (κ3) is 4.32. The van der Waals surface area contributed by atoms with E-state index in [1.54, 1.807) is 0 Å². The van der Waals surface area contributed by atoms with E-state index in [9.17, 15) is 4.79 Å². The molecule has 0 aliphatic carbocycles. The molecule has 0 radical (unpaired) electrons. The molecule has 92 valence electrons. The molecule has 1 fully saturated rings. The molecule has 0 atom stereocenters. The molecular formula is C10H20N4OS. The smallest absolute Gasteiger partial charge is 0.317 e. The van der Waals surface area contributed by atoms with Gasteiger partial charge in [-0.1, -0.05) is 19.1 Å². The predicted molar refractivity (Wildman–Crippen MR) is 68.5 cm³/mol. The number of hydrogen-bond acceptors (Lipinski definition) is 3. The predicted octanol–water partition coefficient (Wildman–Crippen LogP) is 0.00970. The summed E-state index contributed by atoms with van der Waals surface area (Å²) in [7, 11) is 0. The Balaban J connectivity index is 2.22. The molecule has 6 heteroatoms. The van der Waals surface area contributed by atoms with Crippen molar-refractivity contribution in [2.45, 2.75) is 13.3 Å². The lowest BCUT2D eigenvalue weighted by Crippen LogP contribution is -2.38. The molecule has 0 unspecified atom stereocenters. The van der Waals surface area contributed by atoms with Crippen molar-refractivity contribution in [2.75, 3.05) is 39.3 Å². The first-order valence-corrected chi connectivity index (χ1v) is 6.07. The third-order valence-electron chi connectivity index (χ3n) is 2.75. The van der Waals surface area contributed by atoms with Gasteiger partial charge in [-0.15, -0.1) is 0 Å². The highest BCUT2D eigenvalue weighted by atomic mass is 32.1. The van der Waals surface area contributed by atoms with Crippen LogP contribution in [-0.2, 0) is 0 Å². The summed E-state index contributed by atoms with van der Waals surface area (Å²) in [5, 5.41) is 2.79. The minimum atomic E-state index is 0.0467. The van der Waals surface area contributed by atoms with Crippen LogP contribution in [0.15, 0.2) is 0 Å². The Morgan fingerprint density at radius 1 is 1.62 bits per heavy atom. The largest absolute Gasteiger partial charge is 0.393 e. The van der Waals surface area contributed by atoms with Crippen molar-refractivity contribution in [3.8, 4) is 0 Å². The Hall–Kier alpha value is -0.880. The average molecular weight is 244 g/mol. The molecular weight excluding hydrogens is 224 g/mol. The number of hydrogen-bond donors (Lipinski definition) is 2. The van der Waals surface area contributed by atoms with Crippen molar-refractivity contribution in [2.24, 2.45) is 5.73 Å². The highest BCUT2D eigenvalue weighted by molar-refractivity contribution is 7.80. The second kappa shape index (κ2) is 6.65. The van der Waals surface area contributed by atoms with Gasteiger partial charge >= 0.3 is 6.03 Å². The maximum Gasteiger partial charge on any atom is 0.317 e. The van der Waals surface area contributed by atoms with E-state index >= 15 is 0 Å². The molecule has 0 aromatic rings. The summed E-state index contributed by atoms with van der Waals surface area (Å²) in [6.07, 6.45) is 0.745. The summed E-state index contributed by atoms with van der Waals surface area (Å²) in [5.41, 5.74) is 5.47. The van der Waals surface area contributed by atoms with Crippen LogP contribution >= 0.6 is 12.2 Å². The van der Waals surface area contributed by atoms with Crippen molar-refractivity contribution in [3.05, 3.63) is 0 Å². The Labute approximate surface area is 102 Å². The molecule has 0 bridgehead atoms. The van der Waals surface area contributed by atoms with E-state index in [2.05, 4.69) is 17.1 Å². The second-order valence-corrected chi connectivity index (χ2v) is 4.39. The van der Waals surface area contributed by atoms with Crippen LogP contribution in [0.3, 0.4) is 0 Å². The Morgan fingerprint density at radius 2 is 2.38 bits per heavy atom. The highest BCUT2D eigenvalue weighted by Gasteiger charge is 2.19. The number of carbonyl (C=O) groups excluding carboxylic acids is 1. The molecule has 3 N–H and O–H groups in total. The van der Waals surface area contributed by atoms with Gasteiger partial charge in [-0.05, 0) is 6.54 Å². The van der Waals surface area contributed by atoms with Crippen LogP contribution in [0.4, 0.5) is 4.79 Å². The van der Waals surface area contributed by atoms with Crippen molar-refractivity contribution in [1.29, 1.82) is 0 Å². The van der Waals surface area contributed by atoms with Gasteiger partial charge < -0.3 is 20.9 Å². The van der Waals surface area contributed by atoms with E-state index in [4.69, 9.17) is 18.0 Å². The minimum Gasteiger partial charge on any atom is -0.393 e. The van der Waals surface area contributed by atoms with Crippen LogP contribution in [0, 0.1) is 0 Å². The van der Waals surface area contributed by atoms with Crippen molar-refractivity contribution in [1.82, 2.24) is 15.1 Å². The molecule has 16 heavy (non-hydrogen) atoms. The van der Waals surface area contributed by atoms with E-state index < -0.39 is 0 Å². The lowest BCUT2D eigenvalue weighted by atomic mass is 10.3. The molecule has 0 saturated carbocycles. The number of thiocarbonyl (C=S) groups is 1. The Kier molecular flexibility index (Phi) is 5.48. The Bertz CT molecular complexity index is 259. The lowest BCUT2D eigenvalue weighted by Gasteiger charge is -2.23. The van der Waals surface area contributed by atoms with Crippen LogP contribution in [0.25, 0.3) is 0 Å².